The second-order valence-electron chi connectivity index (χ2n) is 6.02. The molecule has 26 heavy (non-hydrogen) atoms. The predicted octanol–water partition coefficient (Wildman–Crippen LogP) is 4.55. The third kappa shape index (κ3) is 2.31. The number of hydrogen-bond acceptors (Lipinski definition) is 6. The van der Waals surface area contributed by atoms with Gasteiger partial charge in [-0.25, -0.2) is 4.98 Å². The Kier molecular flexibility index (Phi) is 3.20. The van der Waals surface area contributed by atoms with Gasteiger partial charge in [0.2, 0.25) is 5.13 Å². The van der Waals surface area contributed by atoms with Gasteiger partial charge in [0.05, 0.1) is 15.9 Å². The van der Waals surface area contributed by atoms with Crippen molar-refractivity contribution in [2.75, 3.05) is 5.43 Å². The van der Waals surface area contributed by atoms with E-state index in [1.807, 2.05) is 36.4 Å². The Morgan fingerprint density at radius 3 is 2.12 bits per heavy atom. The number of thiazole rings is 1. The molecule has 0 spiro atoms. The average Bonchev–Trinajstić information content (AvgIpc) is 3.17. The first kappa shape index (κ1) is 14.9. The first-order chi connectivity index (χ1) is 12.7. The molecule has 6 heteroatoms. The van der Waals surface area contributed by atoms with Gasteiger partial charge in [-0.15, -0.1) is 0 Å². The van der Waals surface area contributed by atoms with Crippen molar-refractivity contribution in [1.29, 1.82) is 0 Å². The van der Waals surface area contributed by atoms with Crippen LogP contribution in [-0.4, -0.2) is 20.9 Å². The minimum Gasteiger partial charge on any atom is -0.508 e. The summed E-state index contributed by atoms with van der Waals surface area (Å²) in [5, 5.41) is 25.0. The number of phenols is 2. The van der Waals surface area contributed by atoms with Gasteiger partial charge >= 0.3 is 0 Å². The molecule has 126 valence electrons. The number of aromatic nitrogens is 1. The standard InChI is InChI=1S/C20H13N3O2S/c24-11-5-7-13-14-8-6-12(25)10-16(14)19(15(13)9-11)22-23-20-21-17-3-1-2-4-18(17)26-20/h1-10,24-25H,(H,21,23). The Morgan fingerprint density at radius 2 is 1.46 bits per heavy atom. The summed E-state index contributed by atoms with van der Waals surface area (Å²) in [4.78, 5) is 4.52. The lowest BCUT2D eigenvalue weighted by Gasteiger charge is -2.03. The zero-order chi connectivity index (χ0) is 17.7. The molecule has 1 aromatic heterocycles. The van der Waals surface area contributed by atoms with Crippen molar-refractivity contribution in [2.45, 2.75) is 0 Å². The second-order valence-corrected chi connectivity index (χ2v) is 7.05. The molecule has 0 unspecified atom stereocenters. The van der Waals surface area contributed by atoms with E-state index in [0.717, 1.165) is 32.5 Å². The van der Waals surface area contributed by atoms with E-state index < -0.39 is 0 Å². The molecular weight excluding hydrogens is 346 g/mol. The van der Waals surface area contributed by atoms with Crippen LogP contribution in [0.4, 0.5) is 5.13 Å². The van der Waals surface area contributed by atoms with Gasteiger partial charge in [-0.1, -0.05) is 35.6 Å². The van der Waals surface area contributed by atoms with E-state index in [1.165, 1.54) is 11.3 Å². The zero-order valence-electron chi connectivity index (χ0n) is 13.5. The Balaban J connectivity index is 1.62. The fraction of sp³-hybridized carbons (Fsp3) is 0. The molecule has 0 bridgehead atoms. The topological polar surface area (TPSA) is 77.7 Å². The number of rotatable bonds is 2. The predicted molar refractivity (Wildman–Crippen MR) is 104 cm³/mol. The number of anilines is 1. The molecule has 3 N–H and O–H groups in total. The maximum absolute atomic E-state index is 9.89. The Hall–Kier alpha value is -3.38. The molecule has 0 atom stereocenters. The quantitative estimate of drug-likeness (QED) is 0.404. The van der Waals surface area contributed by atoms with Gasteiger partial charge in [0.15, 0.2) is 0 Å². The summed E-state index contributed by atoms with van der Waals surface area (Å²) in [7, 11) is 0. The van der Waals surface area contributed by atoms with Gasteiger partial charge in [0.25, 0.3) is 0 Å². The van der Waals surface area contributed by atoms with Crippen LogP contribution in [0.25, 0.3) is 21.3 Å². The highest BCUT2D eigenvalue weighted by Crippen LogP contribution is 2.40. The maximum atomic E-state index is 9.89. The molecule has 1 heterocycles. The van der Waals surface area contributed by atoms with Crippen LogP contribution in [0.15, 0.2) is 65.8 Å². The molecule has 4 aromatic rings. The average molecular weight is 359 g/mol. The van der Waals surface area contributed by atoms with Gasteiger partial charge in [0, 0.05) is 11.1 Å². The highest BCUT2D eigenvalue weighted by Gasteiger charge is 2.26. The minimum absolute atomic E-state index is 0.175. The third-order valence-electron chi connectivity index (χ3n) is 4.36. The number of nitrogens with zero attached hydrogens (tertiary/aromatic N) is 2. The molecule has 0 saturated carbocycles. The lowest BCUT2D eigenvalue weighted by atomic mass is 10.1. The zero-order valence-corrected chi connectivity index (χ0v) is 14.3. The molecular formula is C20H13N3O2S. The largest absolute Gasteiger partial charge is 0.508 e. The summed E-state index contributed by atoms with van der Waals surface area (Å²) in [5.74, 6) is 0.349. The number of fused-ring (bicyclic) bond motifs is 4. The molecule has 0 amide bonds. The fourth-order valence-corrected chi connectivity index (χ4v) is 4.02. The number of hydrazone groups is 1. The van der Waals surface area contributed by atoms with Crippen molar-refractivity contribution < 1.29 is 10.2 Å². The fourth-order valence-electron chi connectivity index (χ4n) is 3.22. The van der Waals surface area contributed by atoms with Gasteiger partial charge in [-0.2, -0.15) is 5.10 Å². The van der Waals surface area contributed by atoms with Gasteiger partial charge in [-0.05, 0) is 47.5 Å². The van der Waals surface area contributed by atoms with Crippen LogP contribution in [-0.2, 0) is 0 Å². The molecule has 0 fully saturated rings. The summed E-state index contributed by atoms with van der Waals surface area (Å²) >= 11 is 1.52. The van der Waals surface area contributed by atoms with Crippen molar-refractivity contribution in [3.8, 4) is 22.6 Å². The Bertz CT molecular complexity index is 1110. The van der Waals surface area contributed by atoms with E-state index in [1.54, 1.807) is 24.3 Å². The van der Waals surface area contributed by atoms with Gasteiger partial charge in [0.1, 0.15) is 11.5 Å². The van der Waals surface area contributed by atoms with Crippen LogP contribution >= 0.6 is 11.3 Å². The molecule has 1 aliphatic rings. The van der Waals surface area contributed by atoms with Crippen LogP contribution in [0, 0.1) is 0 Å². The van der Waals surface area contributed by atoms with E-state index in [9.17, 15) is 10.2 Å². The van der Waals surface area contributed by atoms with Crippen LogP contribution < -0.4 is 5.43 Å². The highest BCUT2D eigenvalue weighted by molar-refractivity contribution is 7.22. The van der Waals surface area contributed by atoms with E-state index >= 15 is 0 Å². The van der Waals surface area contributed by atoms with Crippen LogP contribution in [0.5, 0.6) is 11.5 Å². The number of aromatic hydroxyl groups is 2. The number of para-hydroxylation sites is 1. The van der Waals surface area contributed by atoms with E-state index in [0.29, 0.717) is 10.8 Å². The van der Waals surface area contributed by atoms with E-state index in [2.05, 4.69) is 15.5 Å². The maximum Gasteiger partial charge on any atom is 0.204 e. The van der Waals surface area contributed by atoms with Crippen molar-refractivity contribution in [3.63, 3.8) is 0 Å². The highest BCUT2D eigenvalue weighted by atomic mass is 32.1. The second kappa shape index (κ2) is 5.57. The number of benzene rings is 3. The van der Waals surface area contributed by atoms with Crippen LogP contribution in [0.1, 0.15) is 11.1 Å². The molecule has 3 aromatic carbocycles. The monoisotopic (exact) mass is 359 g/mol. The summed E-state index contributed by atoms with van der Waals surface area (Å²) in [6, 6.07) is 18.3. The van der Waals surface area contributed by atoms with Crippen LogP contribution in [0.3, 0.4) is 0 Å². The Morgan fingerprint density at radius 1 is 0.808 bits per heavy atom. The normalized spacial score (nSPS) is 12.1. The van der Waals surface area contributed by atoms with Gasteiger partial charge < -0.3 is 10.2 Å². The van der Waals surface area contributed by atoms with Crippen molar-refractivity contribution >= 4 is 32.4 Å². The molecule has 1 aliphatic carbocycles. The molecule has 5 nitrogen and oxygen atoms in total. The SMILES string of the molecule is Oc1ccc2c(c1)C(=NNc1nc3ccccc3s1)c1cc(O)ccc1-2. The number of nitrogens with one attached hydrogen (secondary N) is 1. The molecule has 5 rings (SSSR count). The molecule has 0 aliphatic heterocycles. The smallest absolute Gasteiger partial charge is 0.204 e. The van der Waals surface area contributed by atoms with Crippen LogP contribution in [0.2, 0.25) is 0 Å². The van der Waals surface area contributed by atoms with Crippen molar-refractivity contribution in [1.82, 2.24) is 4.98 Å². The first-order valence-corrected chi connectivity index (χ1v) is 8.87. The van der Waals surface area contributed by atoms with Crippen molar-refractivity contribution in [2.24, 2.45) is 5.10 Å². The molecule has 0 radical (unpaired) electrons. The van der Waals surface area contributed by atoms with Gasteiger partial charge in [-0.3, -0.25) is 5.43 Å². The van der Waals surface area contributed by atoms with E-state index in [4.69, 9.17) is 0 Å². The van der Waals surface area contributed by atoms with Crippen molar-refractivity contribution in [3.05, 3.63) is 71.8 Å². The summed E-state index contributed by atoms with van der Waals surface area (Å²) < 4.78 is 1.08. The summed E-state index contributed by atoms with van der Waals surface area (Å²) in [5.41, 5.74) is 8.20. The third-order valence-corrected chi connectivity index (χ3v) is 5.31. The Labute approximate surface area is 152 Å². The lowest BCUT2D eigenvalue weighted by Crippen LogP contribution is -2.02. The first-order valence-electron chi connectivity index (χ1n) is 8.05. The number of hydrogen-bond donors (Lipinski definition) is 3. The summed E-state index contributed by atoms with van der Waals surface area (Å²) in [6.45, 7) is 0. The lowest BCUT2D eigenvalue weighted by molar-refractivity contribution is 0.475. The van der Waals surface area contributed by atoms with E-state index in [-0.39, 0.29) is 11.5 Å². The molecule has 0 saturated heterocycles. The minimum atomic E-state index is 0.175. The number of phenolic OH excluding ortho intramolecular Hbond substituents is 2. The summed E-state index contributed by atoms with van der Waals surface area (Å²) in [6.07, 6.45) is 0.